The predicted molar refractivity (Wildman–Crippen MR) is 17.6 cm³/mol. The van der Waals surface area contributed by atoms with Crippen molar-refractivity contribution >= 4 is 18.1 Å². The van der Waals surface area contributed by atoms with Crippen LogP contribution in [0.5, 0.6) is 0 Å². The fraction of sp³-hybridized carbons (Fsp3) is 0. The molecule has 0 amide bonds. The van der Waals surface area contributed by atoms with E-state index in [2.05, 4.69) is 16.7 Å². The number of rotatable bonds is 0. The molecule has 0 aliphatic heterocycles. The van der Waals surface area contributed by atoms with E-state index in [-0.39, 0.29) is 0 Å². The van der Waals surface area contributed by atoms with Gasteiger partial charge in [-0.1, -0.05) is 11.2 Å². The molecular formula is H2ClNO2P-. The van der Waals surface area contributed by atoms with E-state index in [9.17, 15) is 9.46 Å². The van der Waals surface area contributed by atoms with Crippen LogP contribution in [0.25, 0.3) is 0 Å². The third kappa shape index (κ3) is 137. The van der Waals surface area contributed by atoms with Crippen molar-refractivity contribution in [3.8, 4) is 0 Å². The summed E-state index contributed by atoms with van der Waals surface area (Å²) < 4.78 is 9.20. The minimum absolute atomic E-state index is 3.92. The molecule has 1 atom stereocenters. The highest BCUT2D eigenvalue weighted by molar-refractivity contribution is 7.81. The highest BCUT2D eigenvalue weighted by Gasteiger charge is 1.81. The zero-order valence-electron chi connectivity index (χ0n) is 2.22. The predicted octanol–water partition coefficient (Wildman–Crippen LogP) is -0.348. The summed E-state index contributed by atoms with van der Waals surface area (Å²) in [6.07, 6.45) is 0. The molecule has 0 radical (unpaired) electrons. The zero-order chi connectivity index (χ0) is 4.50. The first kappa shape index (κ1) is 5.44. The maximum Gasteiger partial charge on any atom is 0.162 e. The normalized spacial score (nSPS) is 21.4. The minimum Gasteiger partial charge on any atom is -0.776 e. The first-order chi connectivity index (χ1) is 2.00. The van der Waals surface area contributed by atoms with Gasteiger partial charge >= 0.3 is 0 Å². The van der Waals surface area contributed by atoms with E-state index < -0.39 is 6.87 Å². The number of hydrogen-bond donors (Lipinski definition) is 1. The van der Waals surface area contributed by atoms with Crippen molar-refractivity contribution in [3.05, 3.63) is 0 Å². The number of hydrogen-bond acceptors (Lipinski definition) is 2. The summed E-state index contributed by atoms with van der Waals surface area (Å²) in [5.41, 5.74) is 4.12. The van der Waals surface area contributed by atoms with Crippen LogP contribution in [0.4, 0.5) is 0 Å². The zero-order valence-corrected chi connectivity index (χ0v) is 3.87. The highest BCUT2D eigenvalue weighted by Crippen LogP contribution is 2.29. The first-order valence-electron chi connectivity index (χ1n) is 0.792. The lowest BCUT2D eigenvalue weighted by atomic mass is 13.9. The van der Waals surface area contributed by atoms with Gasteiger partial charge in [0.1, 0.15) is 0 Å². The van der Waals surface area contributed by atoms with Crippen LogP contribution in [0, 0.1) is 0 Å². The summed E-state index contributed by atoms with van der Waals surface area (Å²) in [5.74, 6) is 0. The van der Waals surface area contributed by atoms with Gasteiger partial charge in [0.25, 0.3) is 0 Å². The first-order valence-corrected chi connectivity index (χ1v) is 3.39. The van der Waals surface area contributed by atoms with Crippen molar-refractivity contribution < 1.29 is 9.46 Å². The third-order valence-electron chi connectivity index (χ3n) is 0. The van der Waals surface area contributed by atoms with Crippen LogP contribution in [0.3, 0.4) is 0 Å². The number of halogens is 1. The molecule has 0 heterocycles. The van der Waals surface area contributed by atoms with Gasteiger partial charge in [0.2, 0.25) is 0 Å². The van der Waals surface area contributed by atoms with Gasteiger partial charge in [-0.2, -0.15) is 0 Å². The molecule has 0 aromatic carbocycles. The fourth-order valence-corrected chi connectivity index (χ4v) is 0. The van der Waals surface area contributed by atoms with Gasteiger partial charge in [-0.05, 0) is 0 Å². The second-order valence-electron chi connectivity index (χ2n) is 0.521. The number of nitrogens with two attached hydrogens (primary N) is 1. The molecule has 1 unspecified atom stereocenters. The molecule has 5 heavy (non-hydrogen) atoms. The van der Waals surface area contributed by atoms with Gasteiger partial charge in [-0.25, -0.2) is 0 Å². The van der Waals surface area contributed by atoms with Gasteiger partial charge in [-0.3, -0.25) is 5.50 Å². The van der Waals surface area contributed by atoms with Gasteiger partial charge < -0.3 is 9.46 Å². The van der Waals surface area contributed by atoms with Crippen LogP contribution in [0.2, 0.25) is 0 Å². The Labute approximate surface area is 34.0 Å². The second kappa shape index (κ2) is 1.27. The van der Waals surface area contributed by atoms with Crippen LogP contribution >= 0.6 is 18.1 Å². The van der Waals surface area contributed by atoms with E-state index in [1.165, 1.54) is 0 Å². The lowest BCUT2D eigenvalue weighted by molar-refractivity contribution is -0.168. The van der Waals surface area contributed by atoms with Gasteiger partial charge in [0.15, 0.2) is 6.87 Å². The Hall–Kier alpha value is 0.440. The van der Waals surface area contributed by atoms with Gasteiger partial charge in [0.05, 0.1) is 0 Å². The van der Waals surface area contributed by atoms with Gasteiger partial charge in [0, 0.05) is 0 Å². The molecule has 3 nitrogen and oxygen atoms in total. The summed E-state index contributed by atoms with van der Waals surface area (Å²) >= 11 is 4.31. The Morgan fingerprint density at radius 2 is 2.00 bits per heavy atom. The SMILES string of the molecule is NP(=O)([O-])Cl. The lowest BCUT2D eigenvalue weighted by Crippen LogP contribution is -2.01. The minimum atomic E-state index is -3.92. The van der Waals surface area contributed by atoms with E-state index in [1.807, 2.05) is 0 Å². The molecule has 0 aromatic heterocycles. The Balaban J connectivity index is 3.47. The Morgan fingerprint density at radius 3 is 2.00 bits per heavy atom. The highest BCUT2D eigenvalue weighted by atomic mass is 35.7. The standard InChI is InChI=1S/ClH3NO2P/c1-5(2,3)4/h(H3,2,3,4)/p-1. The smallest absolute Gasteiger partial charge is 0.162 e. The Morgan fingerprint density at radius 1 is 2.00 bits per heavy atom. The molecule has 0 spiro atoms. The maximum absolute atomic E-state index is 9.20. The molecule has 32 valence electrons. The largest absolute Gasteiger partial charge is 0.776 e. The third-order valence-corrected chi connectivity index (χ3v) is 0. The fourth-order valence-electron chi connectivity index (χ4n) is 0. The van der Waals surface area contributed by atoms with E-state index >= 15 is 0 Å². The second-order valence-corrected chi connectivity index (χ2v) is 2.98. The molecule has 0 bridgehead atoms. The van der Waals surface area contributed by atoms with Crippen LogP contribution in [-0.2, 0) is 4.57 Å². The van der Waals surface area contributed by atoms with E-state index in [1.54, 1.807) is 0 Å². The average Bonchev–Trinajstić information content (AvgIpc) is 0.722. The van der Waals surface area contributed by atoms with Gasteiger partial charge in [-0.15, -0.1) is 0 Å². The lowest BCUT2D eigenvalue weighted by Gasteiger charge is -2.02. The Kier molecular flexibility index (Phi) is 1.38. The van der Waals surface area contributed by atoms with Crippen molar-refractivity contribution in [2.45, 2.75) is 0 Å². The molecule has 0 fully saturated rings. The maximum atomic E-state index is 9.20. The molecule has 0 saturated heterocycles. The topological polar surface area (TPSA) is 66.2 Å². The molecule has 0 saturated carbocycles. The van der Waals surface area contributed by atoms with Crippen LogP contribution in [-0.4, -0.2) is 0 Å². The van der Waals surface area contributed by atoms with Crippen LogP contribution in [0.1, 0.15) is 0 Å². The van der Waals surface area contributed by atoms with E-state index in [0.717, 1.165) is 0 Å². The molecule has 0 aliphatic rings. The van der Waals surface area contributed by atoms with Crippen molar-refractivity contribution in [2.24, 2.45) is 5.50 Å². The van der Waals surface area contributed by atoms with E-state index in [4.69, 9.17) is 0 Å². The molecule has 2 N–H and O–H groups in total. The van der Waals surface area contributed by atoms with Crippen molar-refractivity contribution in [1.82, 2.24) is 0 Å². The Bertz CT molecular complexity index is 55.8. The summed E-state index contributed by atoms with van der Waals surface area (Å²) in [7, 11) is 0. The summed E-state index contributed by atoms with van der Waals surface area (Å²) in [6.45, 7) is -3.92. The molecular weight excluding hydrogens is 112 g/mol. The molecule has 0 aromatic rings. The monoisotopic (exact) mass is 114 g/mol. The average molecular weight is 114 g/mol. The van der Waals surface area contributed by atoms with Crippen LogP contribution < -0.4 is 10.4 Å². The quantitative estimate of drug-likeness (QED) is 0.438. The summed E-state index contributed by atoms with van der Waals surface area (Å²) in [4.78, 5) is 9.20. The van der Waals surface area contributed by atoms with E-state index in [0.29, 0.717) is 0 Å². The summed E-state index contributed by atoms with van der Waals surface area (Å²) in [6, 6.07) is 0. The van der Waals surface area contributed by atoms with Crippen molar-refractivity contribution in [2.75, 3.05) is 0 Å². The summed E-state index contributed by atoms with van der Waals surface area (Å²) in [5, 5.41) is 0. The molecule has 0 rings (SSSR count). The molecule has 5 heteroatoms. The van der Waals surface area contributed by atoms with Crippen molar-refractivity contribution in [1.29, 1.82) is 0 Å². The molecule has 0 aliphatic carbocycles. The van der Waals surface area contributed by atoms with Crippen LogP contribution in [0.15, 0.2) is 0 Å². The van der Waals surface area contributed by atoms with Crippen molar-refractivity contribution in [3.63, 3.8) is 0 Å².